The van der Waals surface area contributed by atoms with E-state index in [1.54, 1.807) is 13.3 Å². The van der Waals surface area contributed by atoms with Crippen molar-refractivity contribution >= 4 is 22.8 Å². The fourth-order valence-corrected chi connectivity index (χ4v) is 3.44. The first-order valence-corrected chi connectivity index (χ1v) is 8.83. The fourth-order valence-electron chi connectivity index (χ4n) is 3.44. The maximum absolute atomic E-state index is 12.4. The van der Waals surface area contributed by atoms with E-state index in [4.69, 9.17) is 4.42 Å². The minimum atomic E-state index is -0.265. The summed E-state index contributed by atoms with van der Waals surface area (Å²) in [4.78, 5) is 16.3. The minimum absolute atomic E-state index is 0.0468. The van der Waals surface area contributed by atoms with E-state index in [0.717, 1.165) is 24.4 Å². The van der Waals surface area contributed by atoms with Gasteiger partial charge in [0.2, 0.25) is 0 Å². The predicted octanol–water partition coefficient (Wildman–Crippen LogP) is 2.52. The molecule has 1 aromatic carbocycles. The number of nitrogens with zero attached hydrogens (tertiary/aromatic N) is 4. The molecule has 1 fully saturated rings. The van der Waals surface area contributed by atoms with Crippen LogP contribution in [0, 0.1) is 0 Å². The lowest BCUT2D eigenvalue weighted by Gasteiger charge is -2.26. The van der Waals surface area contributed by atoms with Gasteiger partial charge in [0, 0.05) is 13.6 Å². The number of aryl methyl sites for hydroxylation is 1. The maximum atomic E-state index is 12.4. The van der Waals surface area contributed by atoms with Gasteiger partial charge in [0.1, 0.15) is 16.8 Å². The molecule has 2 amide bonds. The lowest BCUT2D eigenvalue weighted by molar-refractivity contribution is 0.207. The Bertz CT molecular complexity index is 882. The van der Waals surface area contributed by atoms with E-state index in [-0.39, 0.29) is 12.1 Å². The maximum Gasteiger partial charge on any atom is 0.319 e. The number of furan rings is 1. The number of rotatable bonds is 5. The summed E-state index contributed by atoms with van der Waals surface area (Å²) in [6.07, 6.45) is 4.03. The number of hydrogen-bond acceptors (Lipinski definition) is 5. The summed E-state index contributed by atoms with van der Waals surface area (Å²) in [5.74, 6) is 0.878. The normalized spacial score (nSPS) is 16.0. The molecule has 3 aromatic rings. The van der Waals surface area contributed by atoms with Crippen LogP contribution in [0.3, 0.4) is 0 Å². The van der Waals surface area contributed by atoms with E-state index in [2.05, 4.69) is 25.7 Å². The molecule has 26 heavy (non-hydrogen) atoms. The Labute approximate surface area is 151 Å². The smallest absolute Gasteiger partial charge is 0.319 e. The SMILES string of the molecule is Cn1nc2cccc(NC(=O)NC[C@@H](c3ccco3)N3CCCC3)c2n1. The number of amides is 2. The number of carbonyl (C=O) groups excluding carboxylic acids is 1. The molecular weight excluding hydrogens is 332 g/mol. The molecule has 8 heteroatoms. The number of fused-ring (bicyclic) bond motifs is 1. The monoisotopic (exact) mass is 354 g/mol. The number of urea groups is 1. The molecule has 3 heterocycles. The molecule has 136 valence electrons. The Balaban J connectivity index is 1.43. The van der Waals surface area contributed by atoms with E-state index in [0.29, 0.717) is 17.7 Å². The van der Waals surface area contributed by atoms with Gasteiger partial charge in [-0.2, -0.15) is 15.0 Å². The van der Waals surface area contributed by atoms with Crippen molar-refractivity contribution in [3.63, 3.8) is 0 Å². The highest BCUT2D eigenvalue weighted by Crippen LogP contribution is 2.25. The highest BCUT2D eigenvalue weighted by Gasteiger charge is 2.26. The van der Waals surface area contributed by atoms with Crippen LogP contribution in [0.1, 0.15) is 24.6 Å². The Morgan fingerprint density at radius 1 is 1.23 bits per heavy atom. The van der Waals surface area contributed by atoms with Crippen molar-refractivity contribution in [2.45, 2.75) is 18.9 Å². The van der Waals surface area contributed by atoms with Crippen LogP contribution in [0.5, 0.6) is 0 Å². The first kappa shape index (κ1) is 16.6. The number of likely N-dealkylation sites (tertiary alicyclic amines) is 1. The quantitative estimate of drug-likeness (QED) is 0.735. The third-order valence-electron chi connectivity index (χ3n) is 4.67. The summed E-state index contributed by atoms with van der Waals surface area (Å²) in [6, 6.07) is 9.16. The summed E-state index contributed by atoms with van der Waals surface area (Å²) in [6.45, 7) is 2.52. The van der Waals surface area contributed by atoms with Gasteiger partial charge in [0.25, 0.3) is 0 Å². The second-order valence-electron chi connectivity index (χ2n) is 6.47. The molecule has 1 aliphatic rings. The van der Waals surface area contributed by atoms with Crippen molar-refractivity contribution in [2.24, 2.45) is 7.05 Å². The van der Waals surface area contributed by atoms with E-state index in [1.165, 1.54) is 17.6 Å². The van der Waals surface area contributed by atoms with Crippen molar-refractivity contribution in [3.05, 3.63) is 42.4 Å². The van der Waals surface area contributed by atoms with Crippen LogP contribution in [0.2, 0.25) is 0 Å². The van der Waals surface area contributed by atoms with Gasteiger partial charge in [0.15, 0.2) is 0 Å². The summed E-state index contributed by atoms with van der Waals surface area (Å²) < 4.78 is 5.58. The third kappa shape index (κ3) is 3.41. The Hall–Kier alpha value is -2.87. The van der Waals surface area contributed by atoms with Gasteiger partial charge in [0.05, 0.1) is 18.0 Å². The van der Waals surface area contributed by atoms with Crippen molar-refractivity contribution in [2.75, 3.05) is 25.0 Å². The molecule has 8 nitrogen and oxygen atoms in total. The van der Waals surface area contributed by atoms with E-state index in [1.807, 2.05) is 30.3 Å². The van der Waals surface area contributed by atoms with Crippen molar-refractivity contribution in [1.29, 1.82) is 0 Å². The molecular formula is C18H22N6O2. The zero-order valence-corrected chi connectivity index (χ0v) is 14.7. The topological polar surface area (TPSA) is 88.2 Å². The lowest BCUT2D eigenvalue weighted by Crippen LogP contribution is -2.38. The van der Waals surface area contributed by atoms with Gasteiger partial charge >= 0.3 is 6.03 Å². The second-order valence-corrected chi connectivity index (χ2v) is 6.47. The van der Waals surface area contributed by atoms with Gasteiger partial charge in [-0.1, -0.05) is 6.07 Å². The zero-order valence-electron chi connectivity index (χ0n) is 14.7. The average Bonchev–Trinajstić information content (AvgIpc) is 3.36. The largest absolute Gasteiger partial charge is 0.468 e. The first-order chi connectivity index (χ1) is 12.7. The van der Waals surface area contributed by atoms with Crippen molar-refractivity contribution < 1.29 is 9.21 Å². The van der Waals surface area contributed by atoms with Gasteiger partial charge in [-0.05, 0) is 50.2 Å². The number of benzene rings is 1. The van der Waals surface area contributed by atoms with Crippen LogP contribution in [-0.2, 0) is 7.05 Å². The molecule has 0 bridgehead atoms. The van der Waals surface area contributed by atoms with Gasteiger partial charge in [-0.15, -0.1) is 0 Å². The fraction of sp³-hybridized carbons (Fsp3) is 0.389. The number of nitrogens with one attached hydrogen (secondary N) is 2. The van der Waals surface area contributed by atoms with Gasteiger partial charge < -0.3 is 15.1 Å². The van der Waals surface area contributed by atoms with Crippen molar-refractivity contribution in [3.8, 4) is 0 Å². The minimum Gasteiger partial charge on any atom is -0.468 e. The van der Waals surface area contributed by atoms with Crippen molar-refractivity contribution in [1.82, 2.24) is 25.2 Å². The summed E-state index contributed by atoms with van der Waals surface area (Å²) >= 11 is 0. The third-order valence-corrected chi connectivity index (χ3v) is 4.67. The molecule has 2 aromatic heterocycles. The molecule has 1 saturated heterocycles. The van der Waals surface area contributed by atoms with Gasteiger partial charge in [-0.3, -0.25) is 4.90 Å². The Kier molecular flexibility index (Phi) is 4.57. The molecule has 2 N–H and O–H groups in total. The average molecular weight is 354 g/mol. The van der Waals surface area contributed by atoms with Crippen LogP contribution in [0.15, 0.2) is 41.0 Å². The summed E-state index contributed by atoms with van der Waals surface area (Å²) in [5.41, 5.74) is 2.06. The molecule has 0 saturated carbocycles. The zero-order chi connectivity index (χ0) is 17.9. The Morgan fingerprint density at radius 2 is 2.08 bits per heavy atom. The van der Waals surface area contributed by atoms with E-state index in [9.17, 15) is 4.79 Å². The molecule has 0 spiro atoms. The molecule has 1 aliphatic heterocycles. The molecule has 4 rings (SSSR count). The lowest BCUT2D eigenvalue weighted by atomic mass is 10.2. The van der Waals surface area contributed by atoms with Crippen LogP contribution < -0.4 is 10.6 Å². The van der Waals surface area contributed by atoms with E-state index < -0.39 is 0 Å². The Morgan fingerprint density at radius 3 is 2.85 bits per heavy atom. The highest BCUT2D eigenvalue weighted by atomic mass is 16.3. The molecule has 1 atom stereocenters. The van der Waals surface area contributed by atoms with Crippen LogP contribution in [-0.4, -0.2) is 45.6 Å². The number of carbonyl (C=O) groups is 1. The number of anilines is 1. The number of hydrogen-bond donors (Lipinski definition) is 2. The first-order valence-electron chi connectivity index (χ1n) is 8.83. The molecule has 0 unspecified atom stereocenters. The second kappa shape index (κ2) is 7.17. The summed E-state index contributed by atoms with van der Waals surface area (Å²) in [7, 11) is 1.76. The van der Waals surface area contributed by atoms with Crippen LogP contribution >= 0.6 is 0 Å². The highest BCUT2D eigenvalue weighted by molar-refractivity contribution is 5.98. The number of aromatic nitrogens is 3. The predicted molar refractivity (Wildman–Crippen MR) is 97.8 cm³/mol. The molecule has 0 aliphatic carbocycles. The van der Waals surface area contributed by atoms with Crippen LogP contribution in [0.4, 0.5) is 10.5 Å². The summed E-state index contributed by atoms with van der Waals surface area (Å²) in [5, 5.41) is 14.4. The van der Waals surface area contributed by atoms with E-state index >= 15 is 0 Å². The van der Waals surface area contributed by atoms with Gasteiger partial charge in [-0.25, -0.2) is 4.79 Å². The van der Waals surface area contributed by atoms with Crippen LogP contribution in [0.25, 0.3) is 11.0 Å². The molecule has 0 radical (unpaired) electrons. The standard InChI is InChI=1S/C18H22N6O2/c1-23-21-14-7-4-6-13(17(14)22-23)20-18(25)19-12-15(16-8-5-11-26-16)24-9-2-3-10-24/h4-8,11,15H,2-3,9-10,12H2,1H3,(H2,19,20,25)/t15-/m0/s1.